The number of hydrogen-bond donors (Lipinski definition) is 1. The number of nitrogens with one attached hydrogen (secondary N) is 1. The average molecular weight is 214 g/mol. The maximum absolute atomic E-state index is 3.45. The summed E-state index contributed by atoms with van der Waals surface area (Å²) in [5.74, 6) is 0.829. The molecule has 0 spiro atoms. The summed E-state index contributed by atoms with van der Waals surface area (Å²) in [4.78, 5) is 2.45. The van der Waals surface area contributed by atoms with Crippen LogP contribution in [0, 0.1) is 5.92 Å². The summed E-state index contributed by atoms with van der Waals surface area (Å²) in [7, 11) is 2.23. The molecule has 2 heteroatoms. The Bertz CT molecular complexity index is 132. The Morgan fingerprint density at radius 1 is 1.00 bits per heavy atom. The van der Waals surface area contributed by atoms with Crippen LogP contribution in [0.5, 0.6) is 0 Å². The van der Waals surface area contributed by atoms with E-state index in [-0.39, 0.29) is 0 Å². The molecule has 0 aromatic rings. The van der Waals surface area contributed by atoms with Crippen LogP contribution in [0.2, 0.25) is 0 Å². The molecular weight excluding hydrogens is 184 g/mol. The largest absolute Gasteiger partial charge is 0.315 e. The van der Waals surface area contributed by atoms with Gasteiger partial charge in [0.05, 0.1) is 0 Å². The van der Waals surface area contributed by atoms with Gasteiger partial charge in [-0.3, -0.25) is 0 Å². The Hall–Kier alpha value is -0.0800. The van der Waals surface area contributed by atoms with E-state index < -0.39 is 0 Å². The molecule has 0 aliphatic carbocycles. The average Bonchev–Trinajstić information content (AvgIpc) is 2.13. The predicted molar refractivity (Wildman–Crippen MR) is 69.3 cm³/mol. The van der Waals surface area contributed by atoms with Crippen LogP contribution in [0.1, 0.15) is 47.0 Å². The molecule has 0 aliphatic rings. The first kappa shape index (κ1) is 14.9. The van der Waals surface area contributed by atoms with Crippen LogP contribution < -0.4 is 5.32 Å². The van der Waals surface area contributed by atoms with E-state index in [9.17, 15) is 0 Å². The van der Waals surface area contributed by atoms with Crippen molar-refractivity contribution >= 4 is 0 Å². The molecule has 0 saturated heterocycles. The summed E-state index contributed by atoms with van der Waals surface area (Å²) in [6.45, 7) is 12.6. The summed E-state index contributed by atoms with van der Waals surface area (Å²) >= 11 is 0. The smallest absolute Gasteiger partial charge is 0.00103 e. The number of unbranched alkanes of at least 4 members (excludes halogenated alkanes) is 1. The zero-order chi connectivity index (χ0) is 11.7. The lowest BCUT2D eigenvalue weighted by atomic mass is 10.1. The summed E-state index contributed by atoms with van der Waals surface area (Å²) in [5.41, 5.74) is 0. The van der Waals surface area contributed by atoms with Gasteiger partial charge in [-0.1, -0.05) is 27.7 Å². The molecule has 0 bridgehead atoms. The summed E-state index contributed by atoms with van der Waals surface area (Å²) < 4.78 is 0. The van der Waals surface area contributed by atoms with Crippen molar-refractivity contribution in [2.75, 3.05) is 26.7 Å². The maximum Gasteiger partial charge on any atom is 0.00103 e. The standard InChI is InChI=1S/C13H30N2/c1-12(2)8-11-15(5)10-7-6-9-14-13(3)4/h12-14H,6-11H2,1-5H3. The SMILES string of the molecule is CC(C)CCN(C)CCCCNC(C)C. The van der Waals surface area contributed by atoms with Crippen LogP contribution in [-0.4, -0.2) is 37.6 Å². The van der Waals surface area contributed by atoms with Gasteiger partial charge in [0.15, 0.2) is 0 Å². The lowest BCUT2D eigenvalue weighted by molar-refractivity contribution is 0.303. The van der Waals surface area contributed by atoms with Gasteiger partial charge in [-0.15, -0.1) is 0 Å². The fourth-order valence-corrected chi connectivity index (χ4v) is 1.49. The predicted octanol–water partition coefficient (Wildman–Crippen LogP) is 2.74. The van der Waals surface area contributed by atoms with Gasteiger partial charge in [-0.05, 0) is 51.9 Å². The third-order valence-corrected chi connectivity index (χ3v) is 2.61. The van der Waals surface area contributed by atoms with Gasteiger partial charge in [-0.25, -0.2) is 0 Å². The lowest BCUT2D eigenvalue weighted by Gasteiger charge is -2.17. The van der Waals surface area contributed by atoms with Crippen molar-refractivity contribution in [2.24, 2.45) is 5.92 Å². The molecule has 0 radical (unpaired) electrons. The van der Waals surface area contributed by atoms with Gasteiger partial charge in [0, 0.05) is 6.04 Å². The second kappa shape index (κ2) is 9.17. The Morgan fingerprint density at radius 2 is 1.67 bits per heavy atom. The molecule has 0 atom stereocenters. The molecule has 2 nitrogen and oxygen atoms in total. The maximum atomic E-state index is 3.45. The van der Waals surface area contributed by atoms with E-state index in [2.05, 4.69) is 45.0 Å². The Morgan fingerprint density at radius 3 is 2.20 bits per heavy atom. The van der Waals surface area contributed by atoms with Crippen LogP contribution in [0.25, 0.3) is 0 Å². The molecule has 0 amide bonds. The summed E-state index contributed by atoms with van der Waals surface area (Å²) in [6, 6.07) is 0.628. The fourth-order valence-electron chi connectivity index (χ4n) is 1.49. The van der Waals surface area contributed by atoms with E-state index >= 15 is 0 Å². The van der Waals surface area contributed by atoms with Crippen molar-refractivity contribution in [1.29, 1.82) is 0 Å². The Kier molecular flexibility index (Phi) is 9.12. The zero-order valence-electron chi connectivity index (χ0n) is 11.3. The van der Waals surface area contributed by atoms with Gasteiger partial charge in [0.25, 0.3) is 0 Å². The van der Waals surface area contributed by atoms with Crippen molar-refractivity contribution < 1.29 is 0 Å². The minimum absolute atomic E-state index is 0.628. The van der Waals surface area contributed by atoms with E-state index in [0.29, 0.717) is 6.04 Å². The van der Waals surface area contributed by atoms with Crippen LogP contribution in [0.15, 0.2) is 0 Å². The van der Waals surface area contributed by atoms with Crippen molar-refractivity contribution in [2.45, 2.75) is 53.0 Å². The van der Waals surface area contributed by atoms with Crippen LogP contribution in [0.3, 0.4) is 0 Å². The van der Waals surface area contributed by atoms with Gasteiger partial charge in [0.2, 0.25) is 0 Å². The third-order valence-electron chi connectivity index (χ3n) is 2.61. The Labute approximate surface area is 96.4 Å². The highest BCUT2D eigenvalue weighted by Crippen LogP contribution is 2.01. The number of rotatable bonds is 9. The minimum atomic E-state index is 0.628. The van der Waals surface area contributed by atoms with Crippen molar-refractivity contribution in [3.05, 3.63) is 0 Å². The fraction of sp³-hybridized carbons (Fsp3) is 1.00. The van der Waals surface area contributed by atoms with E-state index in [1.165, 1.54) is 32.4 Å². The molecule has 0 saturated carbocycles. The van der Waals surface area contributed by atoms with Gasteiger partial charge in [0.1, 0.15) is 0 Å². The second-order valence-corrected chi connectivity index (χ2v) is 5.30. The minimum Gasteiger partial charge on any atom is -0.315 e. The molecule has 0 aromatic carbocycles. The molecule has 92 valence electrons. The Balaban J connectivity index is 3.20. The van der Waals surface area contributed by atoms with Crippen molar-refractivity contribution in [1.82, 2.24) is 10.2 Å². The molecule has 0 aromatic heterocycles. The molecule has 15 heavy (non-hydrogen) atoms. The van der Waals surface area contributed by atoms with Gasteiger partial charge < -0.3 is 10.2 Å². The summed E-state index contributed by atoms with van der Waals surface area (Å²) in [5, 5.41) is 3.45. The number of hydrogen-bond acceptors (Lipinski definition) is 2. The number of nitrogens with zero attached hydrogens (tertiary/aromatic N) is 1. The van der Waals surface area contributed by atoms with E-state index in [0.717, 1.165) is 12.5 Å². The highest BCUT2D eigenvalue weighted by molar-refractivity contribution is 4.57. The van der Waals surface area contributed by atoms with Crippen LogP contribution in [0.4, 0.5) is 0 Å². The van der Waals surface area contributed by atoms with Crippen LogP contribution >= 0.6 is 0 Å². The first-order valence-corrected chi connectivity index (χ1v) is 6.44. The van der Waals surface area contributed by atoms with Crippen LogP contribution in [-0.2, 0) is 0 Å². The third kappa shape index (κ3) is 11.8. The molecular formula is C13H30N2. The normalized spacial score (nSPS) is 12.0. The zero-order valence-corrected chi connectivity index (χ0v) is 11.3. The first-order chi connectivity index (χ1) is 7.02. The van der Waals surface area contributed by atoms with E-state index in [1.54, 1.807) is 0 Å². The second-order valence-electron chi connectivity index (χ2n) is 5.30. The summed E-state index contributed by atoms with van der Waals surface area (Å²) in [6.07, 6.45) is 3.93. The highest BCUT2D eigenvalue weighted by atomic mass is 15.1. The topological polar surface area (TPSA) is 15.3 Å². The molecule has 0 rings (SSSR count). The molecule has 1 N–H and O–H groups in total. The molecule has 0 aliphatic heterocycles. The molecule has 0 fully saturated rings. The molecule has 0 heterocycles. The van der Waals surface area contributed by atoms with Gasteiger partial charge in [-0.2, -0.15) is 0 Å². The van der Waals surface area contributed by atoms with Crippen molar-refractivity contribution in [3.63, 3.8) is 0 Å². The van der Waals surface area contributed by atoms with Gasteiger partial charge >= 0.3 is 0 Å². The van der Waals surface area contributed by atoms with E-state index in [1.807, 2.05) is 0 Å². The monoisotopic (exact) mass is 214 g/mol. The lowest BCUT2D eigenvalue weighted by Crippen LogP contribution is -2.26. The first-order valence-electron chi connectivity index (χ1n) is 6.44. The quantitative estimate of drug-likeness (QED) is 0.594. The highest BCUT2D eigenvalue weighted by Gasteiger charge is 2.00. The van der Waals surface area contributed by atoms with E-state index in [4.69, 9.17) is 0 Å². The molecule has 0 unspecified atom stereocenters. The van der Waals surface area contributed by atoms with Crippen molar-refractivity contribution in [3.8, 4) is 0 Å².